The fourth-order valence-corrected chi connectivity index (χ4v) is 2.37. The van der Waals surface area contributed by atoms with E-state index in [4.69, 9.17) is 16.3 Å². The van der Waals surface area contributed by atoms with Crippen molar-refractivity contribution in [3.63, 3.8) is 0 Å². The highest BCUT2D eigenvalue weighted by Gasteiger charge is 2.17. The normalized spacial score (nSPS) is 13.1. The quantitative estimate of drug-likeness (QED) is 0.778. The van der Waals surface area contributed by atoms with Gasteiger partial charge in [0.1, 0.15) is 11.6 Å². The molecule has 0 aliphatic rings. The summed E-state index contributed by atoms with van der Waals surface area (Å²) in [7, 11) is 1.66. The summed E-state index contributed by atoms with van der Waals surface area (Å²) in [4.78, 5) is 4.43. The minimum Gasteiger partial charge on any atom is -0.383 e. The fraction of sp³-hybridized carbons (Fsp3) is 0.462. The molecule has 3 nitrogen and oxygen atoms in total. The number of imidazole rings is 1. The van der Waals surface area contributed by atoms with Gasteiger partial charge in [-0.25, -0.2) is 9.37 Å². The average molecular weight is 271 g/mol. The molecule has 0 fully saturated rings. The van der Waals surface area contributed by atoms with Crippen LogP contribution in [0.15, 0.2) is 18.2 Å². The third-order valence-electron chi connectivity index (χ3n) is 3.04. The van der Waals surface area contributed by atoms with Crippen LogP contribution in [0.1, 0.15) is 25.2 Å². The number of methoxy groups -OCH3 is 1. The number of benzene rings is 1. The van der Waals surface area contributed by atoms with Gasteiger partial charge in [0.15, 0.2) is 0 Å². The molecule has 0 radical (unpaired) electrons. The van der Waals surface area contributed by atoms with Gasteiger partial charge in [-0.15, -0.1) is 11.6 Å². The van der Waals surface area contributed by atoms with E-state index in [1.165, 1.54) is 12.1 Å². The standard InChI is InChI=1S/C13H16ClFN2O/c1-3-10(8-18-2)17-12-6-9(15)4-5-11(12)16-13(17)7-14/h4-6,10H,3,7-8H2,1-2H3. The zero-order chi connectivity index (χ0) is 13.1. The van der Waals surface area contributed by atoms with E-state index in [0.29, 0.717) is 12.5 Å². The van der Waals surface area contributed by atoms with Crippen LogP contribution >= 0.6 is 11.6 Å². The Kier molecular flexibility index (Phi) is 4.19. The summed E-state index contributed by atoms with van der Waals surface area (Å²) in [6.07, 6.45) is 0.875. The van der Waals surface area contributed by atoms with E-state index in [9.17, 15) is 4.39 Å². The Labute approximate surface area is 111 Å². The lowest BCUT2D eigenvalue weighted by molar-refractivity contribution is 0.153. The van der Waals surface area contributed by atoms with Crippen molar-refractivity contribution in [2.24, 2.45) is 0 Å². The average Bonchev–Trinajstić information content (AvgIpc) is 2.73. The summed E-state index contributed by atoms with van der Waals surface area (Å²) in [5.41, 5.74) is 1.54. The largest absolute Gasteiger partial charge is 0.383 e. The predicted molar refractivity (Wildman–Crippen MR) is 70.5 cm³/mol. The first-order chi connectivity index (χ1) is 8.71. The molecule has 1 unspecified atom stereocenters. The molecule has 0 saturated carbocycles. The number of hydrogen-bond donors (Lipinski definition) is 0. The van der Waals surface area contributed by atoms with Crippen LogP contribution in [0, 0.1) is 5.82 Å². The molecule has 0 N–H and O–H groups in total. The number of nitrogens with zero attached hydrogens (tertiary/aromatic N) is 2. The monoisotopic (exact) mass is 270 g/mol. The second-order valence-electron chi connectivity index (χ2n) is 4.18. The summed E-state index contributed by atoms with van der Waals surface area (Å²) in [6, 6.07) is 4.71. The van der Waals surface area contributed by atoms with Gasteiger partial charge in [-0.05, 0) is 24.6 Å². The molecular weight excluding hydrogens is 255 g/mol. The van der Waals surface area contributed by atoms with Crippen LogP contribution in [-0.4, -0.2) is 23.3 Å². The van der Waals surface area contributed by atoms with E-state index in [0.717, 1.165) is 23.3 Å². The van der Waals surface area contributed by atoms with Gasteiger partial charge in [0.2, 0.25) is 0 Å². The molecule has 0 aliphatic heterocycles. The van der Waals surface area contributed by atoms with Crippen LogP contribution in [0.3, 0.4) is 0 Å². The van der Waals surface area contributed by atoms with Crippen molar-refractivity contribution >= 4 is 22.6 Å². The molecule has 18 heavy (non-hydrogen) atoms. The van der Waals surface area contributed by atoms with Crippen LogP contribution in [0.5, 0.6) is 0 Å². The molecule has 0 aliphatic carbocycles. The maximum Gasteiger partial charge on any atom is 0.125 e. The van der Waals surface area contributed by atoms with Crippen LogP contribution < -0.4 is 0 Å². The highest BCUT2D eigenvalue weighted by Crippen LogP contribution is 2.25. The van der Waals surface area contributed by atoms with Gasteiger partial charge in [0.25, 0.3) is 0 Å². The molecule has 2 rings (SSSR count). The first-order valence-corrected chi connectivity index (χ1v) is 6.46. The van der Waals surface area contributed by atoms with Gasteiger partial charge < -0.3 is 9.30 Å². The zero-order valence-corrected chi connectivity index (χ0v) is 11.2. The Morgan fingerprint density at radius 3 is 2.89 bits per heavy atom. The summed E-state index contributed by atoms with van der Waals surface area (Å²) in [6.45, 7) is 2.62. The number of rotatable bonds is 5. The lowest BCUT2D eigenvalue weighted by atomic mass is 10.2. The third-order valence-corrected chi connectivity index (χ3v) is 3.28. The first-order valence-electron chi connectivity index (χ1n) is 5.92. The Balaban J connectivity index is 2.60. The molecule has 1 aromatic heterocycles. The summed E-state index contributed by atoms with van der Waals surface area (Å²) < 4.78 is 20.6. The lowest BCUT2D eigenvalue weighted by Crippen LogP contribution is -2.16. The Morgan fingerprint density at radius 2 is 2.28 bits per heavy atom. The molecule has 0 saturated heterocycles. The number of alkyl halides is 1. The maximum absolute atomic E-state index is 13.4. The minimum absolute atomic E-state index is 0.121. The SMILES string of the molecule is CCC(COC)n1c(CCl)nc2ccc(F)cc21. The molecule has 0 spiro atoms. The molecule has 0 bridgehead atoms. The number of halogens is 2. The van der Waals surface area contributed by atoms with E-state index >= 15 is 0 Å². The maximum atomic E-state index is 13.4. The number of fused-ring (bicyclic) bond motifs is 1. The van der Waals surface area contributed by atoms with E-state index in [-0.39, 0.29) is 11.9 Å². The van der Waals surface area contributed by atoms with Gasteiger partial charge in [-0.3, -0.25) is 0 Å². The van der Waals surface area contributed by atoms with Crippen molar-refractivity contribution in [1.82, 2.24) is 9.55 Å². The van der Waals surface area contributed by atoms with Crippen molar-refractivity contribution in [3.8, 4) is 0 Å². The van der Waals surface area contributed by atoms with Crippen LogP contribution in [0.2, 0.25) is 0 Å². The van der Waals surface area contributed by atoms with E-state index in [1.807, 2.05) is 4.57 Å². The molecule has 1 atom stereocenters. The molecule has 2 aromatic rings. The van der Waals surface area contributed by atoms with Gasteiger partial charge in [-0.2, -0.15) is 0 Å². The second kappa shape index (κ2) is 5.67. The predicted octanol–water partition coefficient (Wildman–Crippen LogP) is 3.51. The molecule has 5 heteroatoms. The van der Waals surface area contributed by atoms with Crippen molar-refractivity contribution in [2.75, 3.05) is 13.7 Å². The minimum atomic E-state index is -0.267. The van der Waals surface area contributed by atoms with Crippen molar-refractivity contribution < 1.29 is 9.13 Å². The van der Waals surface area contributed by atoms with E-state index < -0.39 is 0 Å². The van der Waals surface area contributed by atoms with Gasteiger partial charge >= 0.3 is 0 Å². The summed E-state index contributed by atoms with van der Waals surface area (Å²) in [5.74, 6) is 0.787. The molecule has 1 aromatic carbocycles. The molecule has 1 heterocycles. The highest BCUT2D eigenvalue weighted by molar-refractivity contribution is 6.16. The first kappa shape index (κ1) is 13.3. The zero-order valence-electron chi connectivity index (χ0n) is 10.5. The topological polar surface area (TPSA) is 27.1 Å². The molecular formula is C13H16ClFN2O. The van der Waals surface area contributed by atoms with E-state index in [2.05, 4.69) is 11.9 Å². The summed E-state index contributed by atoms with van der Waals surface area (Å²) >= 11 is 5.93. The van der Waals surface area contributed by atoms with Gasteiger partial charge in [0.05, 0.1) is 29.6 Å². The van der Waals surface area contributed by atoms with Crippen molar-refractivity contribution in [1.29, 1.82) is 0 Å². The van der Waals surface area contributed by atoms with Gasteiger partial charge in [-0.1, -0.05) is 6.92 Å². The number of hydrogen-bond acceptors (Lipinski definition) is 2. The molecule has 98 valence electrons. The van der Waals surface area contributed by atoms with Gasteiger partial charge in [0, 0.05) is 7.11 Å². The Hall–Kier alpha value is -1.13. The summed E-state index contributed by atoms with van der Waals surface area (Å²) in [5, 5.41) is 0. The fourth-order valence-electron chi connectivity index (χ4n) is 2.19. The van der Waals surface area contributed by atoms with Crippen LogP contribution in [-0.2, 0) is 10.6 Å². The Bertz CT molecular complexity index is 541. The van der Waals surface area contributed by atoms with E-state index in [1.54, 1.807) is 13.2 Å². The third kappa shape index (κ3) is 2.35. The highest BCUT2D eigenvalue weighted by atomic mass is 35.5. The van der Waals surface area contributed by atoms with Crippen molar-refractivity contribution in [2.45, 2.75) is 25.3 Å². The Morgan fingerprint density at radius 1 is 1.50 bits per heavy atom. The number of aromatic nitrogens is 2. The molecule has 0 amide bonds. The second-order valence-corrected chi connectivity index (χ2v) is 4.45. The van der Waals surface area contributed by atoms with Crippen molar-refractivity contribution in [3.05, 3.63) is 29.8 Å². The lowest BCUT2D eigenvalue weighted by Gasteiger charge is -2.19. The van der Waals surface area contributed by atoms with Crippen LogP contribution in [0.25, 0.3) is 11.0 Å². The van der Waals surface area contributed by atoms with Crippen LogP contribution in [0.4, 0.5) is 4.39 Å². The number of ether oxygens (including phenoxy) is 1. The smallest absolute Gasteiger partial charge is 0.125 e.